The van der Waals surface area contributed by atoms with E-state index in [1.165, 1.54) is 6.92 Å². The van der Waals surface area contributed by atoms with Gasteiger partial charge in [0.05, 0.1) is 13.4 Å². The van der Waals surface area contributed by atoms with Gasteiger partial charge in [-0.15, -0.1) is 0 Å². The van der Waals surface area contributed by atoms with Gasteiger partial charge in [0.1, 0.15) is 6.10 Å². The average Bonchev–Trinajstić information content (AvgIpc) is 2.09. The van der Waals surface area contributed by atoms with Crippen molar-refractivity contribution in [2.45, 2.75) is 39.4 Å². The maximum atomic E-state index is 11.2. The van der Waals surface area contributed by atoms with Gasteiger partial charge in [-0.05, 0) is 13.3 Å². The number of hydrogen-bond donors (Lipinski definition) is 1. The molecule has 0 saturated carbocycles. The number of aliphatic hydroxyl groups is 1. The molecule has 1 rings (SSSR count). The third-order valence-corrected chi connectivity index (χ3v) is 2.49. The van der Waals surface area contributed by atoms with Crippen molar-refractivity contribution in [2.24, 2.45) is 11.8 Å². The van der Waals surface area contributed by atoms with Crippen LogP contribution in [0.5, 0.6) is 0 Å². The monoisotopic (exact) mass is 173 g/mol. The third-order valence-electron chi connectivity index (χ3n) is 2.49. The fraction of sp³-hybridized carbons (Fsp3) is 0.889. The average molecular weight is 173 g/mol. The number of esters is 1. The molecule has 1 N–H and O–H groups in total. The van der Waals surface area contributed by atoms with Crippen molar-refractivity contribution < 1.29 is 16.0 Å². The lowest BCUT2D eigenvalue weighted by atomic mass is 9.85. The molecule has 0 aliphatic carbocycles. The molecule has 0 radical (unpaired) electrons. The Morgan fingerprint density at radius 1 is 1.67 bits per heavy atom. The quantitative estimate of drug-likeness (QED) is 0.601. The van der Waals surface area contributed by atoms with Gasteiger partial charge in [0.15, 0.2) is 0 Å². The van der Waals surface area contributed by atoms with Crippen molar-refractivity contribution in [1.29, 1.82) is 0 Å². The highest BCUT2D eigenvalue weighted by atomic mass is 16.5. The van der Waals surface area contributed by atoms with E-state index >= 15 is 0 Å². The minimum absolute atomic E-state index is 0.328. The molecule has 12 heavy (non-hydrogen) atoms. The molecule has 1 heterocycles. The van der Waals surface area contributed by atoms with Crippen molar-refractivity contribution in [3.63, 3.8) is 0 Å². The van der Waals surface area contributed by atoms with E-state index in [0.717, 1.165) is 0 Å². The summed E-state index contributed by atoms with van der Waals surface area (Å²) in [5.74, 6) is -1.56. The molecule has 1 aliphatic heterocycles. The van der Waals surface area contributed by atoms with Crippen LogP contribution in [0.25, 0.3) is 0 Å². The lowest BCUT2D eigenvalue weighted by Gasteiger charge is -2.35. The Morgan fingerprint density at radius 3 is 2.75 bits per heavy atom. The minimum atomic E-state index is -1.68. The first kappa shape index (κ1) is 8.05. The molecule has 0 unspecified atom stereocenters. The fourth-order valence-corrected chi connectivity index (χ4v) is 1.50. The van der Waals surface area contributed by atoms with E-state index in [0.29, 0.717) is 6.42 Å². The molecule has 0 spiro atoms. The normalized spacial score (nSPS) is 49.8. The van der Waals surface area contributed by atoms with E-state index in [2.05, 4.69) is 0 Å². The Hall–Kier alpha value is -0.570. The predicted molar refractivity (Wildman–Crippen MR) is 44.5 cm³/mol. The van der Waals surface area contributed by atoms with Gasteiger partial charge in [-0.2, -0.15) is 0 Å². The highest BCUT2D eigenvalue weighted by Gasteiger charge is 2.39. The van der Waals surface area contributed by atoms with E-state index in [9.17, 15) is 9.90 Å². The molecule has 1 saturated heterocycles. The summed E-state index contributed by atoms with van der Waals surface area (Å²) in [6, 6.07) is 0. The van der Waals surface area contributed by atoms with Gasteiger partial charge in [-0.25, -0.2) is 0 Å². The maximum Gasteiger partial charge on any atom is 0.311 e. The van der Waals surface area contributed by atoms with Crippen molar-refractivity contribution in [1.82, 2.24) is 0 Å². The summed E-state index contributed by atoms with van der Waals surface area (Å²) in [6.07, 6.45) is -1.37. The van der Waals surface area contributed by atoms with Crippen LogP contribution in [-0.2, 0) is 9.53 Å². The summed E-state index contributed by atoms with van der Waals surface area (Å²) in [6.45, 7) is 5.14. The molecule has 0 bridgehead atoms. The highest BCUT2D eigenvalue weighted by Crippen LogP contribution is 2.27. The SMILES string of the molecule is [2H][C@@]1(O)[C@@H](C)C(=O)O[C@H](CC)[C@@H]1C. The third kappa shape index (κ3) is 1.46. The van der Waals surface area contributed by atoms with Gasteiger partial charge in [0, 0.05) is 5.92 Å². The second kappa shape index (κ2) is 3.44. The van der Waals surface area contributed by atoms with Gasteiger partial charge in [-0.1, -0.05) is 13.8 Å². The smallest absolute Gasteiger partial charge is 0.311 e. The summed E-state index contributed by atoms with van der Waals surface area (Å²) in [5.41, 5.74) is 0. The number of carbonyl (C=O) groups excluding carboxylic acids is 1. The molecule has 1 aliphatic rings. The van der Waals surface area contributed by atoms with Crippen molar-refractivity contribution in [3.8, 4) is 0 Å². The summed E-state index contributed by atoms with van der Waals surface area (Å²) in [5, 5.41) is 9.75. The molecule has 0 amide bonds. The van der Waals surface area contributed by atoms with Crippen molar-refractivity contribution in [2.75, 3.05) is 0 Å². The Labute approximate surface area is 74.1 Å². The Morgan fingerprint density at radius 2 is 2.25 bits per heavy atom. The van der Waals surface area contributed by atoms with Crippen LogP contribution in [-0.4, -0.2) is 23.3 Å². The van der Waals surface area contributed by atoms with Crippen LogP contribution in [0.3, 0.4) is 0 Å². The topological polar surface area (TPSA) is 46.5 Å². The standard InChI is InChI=1S/C9H16O3/c1-4-7-5(2)8(10)6(3)9(11)12-7/h5-8,10H,4H2,1-3H3/t5-,6+,7+,8-/m0/s1/i8D. The first-order chi connectivity index (χ1) is 5.91. The largest absolute Gasteiger partial charge is 0.462 e. The molecule has 3 nitrogen and oxygen atoms in total. The van der Waals surface area contributed by atoms with E-state index in [4.69, 9.17) is 6.11 Å². The number of ether oxygens (including phenoxy) is 1. The van der Waals surface area contributed by atoms with Gasteiger partial charge >= 0.3 is 5.97 Å². The van der Waals surface area contributed by atoms with Crippen LogP contribution >= 0.6 is 0 Å². The number of hydrogen-bond acceptors (Lipinski definition) is 3. The molecule has 3 heteroatoms. The molecule has 0 aromatic carbocycles. The van der Waals surface area contributed by atoms with Crippen LogP contribution in [0.15, 0.2) is 0 Å². The molecule has 0 aromatic rings. The molecular weight excluding hydrogens is 156 g/mol. The minimum Gasteiger partial charge on any atom is -0.462 e. The maximum absolute atomic E-state index is 11.2. The summed E-state index contributed by atoms with van der Waals surface area (Å²) < 4.78 is 12.7. The van der Waals surface area contributed by atoms with E-state index in [-0.39, 0.29) is 12.0 Å². The van der Waals surface area contributed by atoms with Gasteiger partial charge in [0.25, 0.3) is 0 Å². The van der Waals surface area contributed by atoms with E-state index < -0.39 is 18.0 Å². The fourth-order valence-electron chi connectivity index (χ4n) is 1.50. The lowest BCUT2D eigenvalue weighted by Crippen LogP contribution is -2.46. The Bertz CT molecular complexity index is 215. The zero-order valence-corrected chi connectivity index (χ0v) is 7.70. The van der Waals surface area contributed by atoms with Gasteiger partial charge in [0.2, 0.25) is 0 Å². The highest BCUT2D eigenvalue weighted by molar-refractivity contribution is 5.73. The second-order valence-corrected chi connectivity index (χ2v) is 3.32. The molecule has 1 fully saturated rings. The number of cyclic esters (lactones) is 1. The predicted octanol–water partition coefficient (Wildman–Crippen LogP) is 0.955. The first-order valence-corrected chi connectivity index (χ1v) is 4.34. The number of rotatable bonds is 1. The van der Waals surface area contributed by atoms with Crippen LogP contribution in [0.4, 0.5) is 0 Å². The van der Waals surface area contributed by atoms with Gasteiger partial charge in [-0.3, -0.25) is 4.79 Å². The Balaban J connectivity index is 2.88. The summed E-state index contributed by atoms with van der Waals surface area (Å²) in [7, 11) is 0. The molecule has 4 atom stereocenters. The molecule has 0 aromatic heterocycles. The second-order valence-electron chi connectivity index (χ2n) is 3.32. The van der Waals surface area contributed by atoms with Crippen LogP contribution in [0.1, 0.15) is 28.6 Å². The summed E-state index contributed by atoms with van der Waals surface area (Å²) >= 11 is 0. The molecule has 70 valence electrons. The van der Waals surface area contributed by atoms with Crippen molar-refractivity contribution >= 4 is 5.97 Å². The lowest BCUT2D eigenvalue weighted by molar-refractivity contribution is -0.177. The zero-order valence-electron chi connectivity index (χ0n) is 8.70. The first-order valence-electron chi connectivity index (χ1n) is 4.84. The summed E-state index contributed by atoms with van der Waals surface area (Å²) in [4.78, 5) is 11.2. The van der Waals surface area contributed by atoms with Crippen molar-refractivity contribution in [3.05, 3.63) is 0 Å². The van der Waals surface area contributed by atoms with Crippen LogP contribution in [0, 0.1) is 11.8 Å². The Kier molecular flexibility index (Phi) is 2.30. The van der Waals surface area contributed by atoms with Crippen LogP contribution in [0.2, 0.25) is 0 Å². The van der Waals surface area contributed by atoms with Gasteiger partial charge < -0.3 is 9.84 Å². The van der Waals surface area contributed by atoms with E-state index in [1.807, 2.05) is 6.92 Å². The number of carbonyl (C=O) groups is 1. The van der Waals surface area contributed by atoms with Crippen LogP contribution < -0.4 is 0 Å². The molecular formula is C9H16O3. The van der Waals surface area contributed by atoms with E-state index in [1.54, 1.807) is 6.92 Å². The zero-order chi connectivity index (χ0) is 10.2.